The van der Waals surface area contributed by atoms with Crippen molar-refractivity contribution in [3.05, 3.63) is 41.4 Å². The molecule has 2 bridgehead atoms. The van der Waals surface area contributed by atoms with Crippen LogP contribution in [0.1, 0.15) is 6.42 Å². The fraction of sp³-hybridized carbons (Fsp3) is 0.333. The van der Waals surface area contributed by atoms with E-state index in [1.807, 2.05) is 0 Å². The van der Waals surface area contributed by atoms with Crippen LogP contribution in [-0.4, -0.2) is 11.8 Å². The number of allylic oxidation sites excluding steroid dienone is 2. The highest BCUT2D eigenvalue weighted by atomic mass is 35.5. The number of fused-ring (bicyclic) bond motifs is 5. The summed E-state index contributed by atoms with van der Waals surface area (Å²) in [5.41, 5.74) is 0.633. The first kappa shape index (κ1) is 11.2. The van der Waals surface area contributed by atoms with Gasteiger partial charge in [0.05, 0.1) is 17.5 Å². The molecule has 0 aromatic heterocycles. The van der Waals surface area contributed by atoms with Crippen molar-refractivity contribution in [2.24, 2.45) is 23.7 Å². The van der Waals surface area contributed by atoms with Crippen molar-refractivity contribution in [3.8, 4) is 0 Å². The van der Waals surface area contributed by atoms with Crippen molar-refractivity contribution in [2.75, 3.05) is 4.90 Å². The number of imide groups is 1. The van der Waals surface area contributed by atoms with Crippen LogP contribution in [0.5, 0.6) is 0 Å². The number of carbonyl (C=O) groups excluding carboxylic acids is 2. The van der Waals surface area contributed by atoms with E-state index in [1.165, 1.54) is 4.90 Å². The number of benzene rings is 1. The van der Waals surface area contributed by atoms with Gasteiger partial charge in [-0.15, -0.1) is 0 Å². The van der Waals surface area contributed by atoms with Gasteiger partial charge in [-0.25, -0.2) is 0 Å². The van der Waals surface area contributed by atoms with Crippen LogP contribution in [0.15, 0.2) is 36.4 Å². The third-order valence-corrected chi connectivity index (χ3v) is 4.81. The molecule has 2 fully saturated rings. The smallest absolute Gasteiger partial charge is 0.238 e. The first-order valence-corrected chi connectivity index (χ1v) is 6.86. The normalized spacial score (nSPS) is 35.3. The highest BCUT2D eigenvalue weighted by Gasteiger charge is 2.59. The number of hydrogen-bond donors (Lipinski definition) is 0. The van der Waals surface area contributed by atoms with E-state index in [9.17, 15) is 9.59 Å². The van der Waals surface area contributed by atoms with E-state index in [2.05, 4.69) is 12.2 Å². The molecule has 0 unspecified atom stereocenters. The Labute approximate surface area is 115 Å². The molecule has 1 aromatic carbocycles. The van der Waals surface area contributed by atoms with Gasteiger partial charge in [0, 0.05) is 5.02 Å². The summed E-state index contributed by atoms with van der Waals surface area (Å²) in [5, 5.41) is 0.602. The minimum Gasteiger partial charge on any atom is -0.274 e. The predicted molar refractivity (Wildman–Crippen MR) is 71.7 cm³/mol. The van der Waals surface area contributed by atoms with Crippen molar-refractivity contribution < 1.29 is 9.59 Å². The quantitative estimate of drug-likeness (QED) is 0.583. The Morgan fingerprint density at radius 3 is 2.00 bits per heavy atom. The second-order valence-electron chi connectivity index (χ2n) is 5.49. The molecule has 3 aliphatic rings. The average molecular weight is 274 g/mol. The Balaban J connectivity index is 1.74. The molecule has 1 saturated carbocycles. The van der Waals surface area contributed by atoms with Crippen LogP contribution in [0.2, 0.25) is 5.02 Å². The number of halogens is 1. The Hall–Kier alpha value is -1.61. The molecule has 3 nitrogen and oxygen atoms in total. The summed E-state index contributed by atoms with van der Waals surface area (Å²) < 4.78 is 0. The van der Waals surface area contributed by atoms with Gasteiger partial charge in [-0.3, -0.25) is 14.5 Å². The van der Waals surface area contributed by atoms with Gasteiger partial charge in [0.2, 0.25) is 11.8 Å². The average Bonchev–Trinajstić information content (AvgIpc) is 3.06. The van der Waals surface area contributed by atoms with Gasteiger partial charge in [0.1, 0.15) is 0 Å². The van der Waals surface area contributed by atoms with Gasteiger partial charge in [0.15, 0.2) is 0 Å². The predicted octanol–water partition coefficient (Wildman–Crippen LogP) is 2.65. The maximum absolute atomic E-state index is 12.5. The molecule has 1 heterocycles. The summed E-state index contributed by atoms with van der Waals surface area (Å²) >= 11 is 5.84. The number of nitrogens with zero attached hydrogens (tertiary/aromatic N) is 1. The van der Waals surface area contributed by atoms with E-state index in [-0.39, 0.29) is 35.5 Å². The number of hydrogen-bond acceptors (Lipinski definition) is 2. The highest BCUT2D eigenvalue weighted by molar-refractivity contribution is 6.30. The van der Waals surface area contributed by atoms with Gasteiger partial charge in [-0.1, -0.05) is 23.8 Å². The lowest BCUT2D eigenvalue weighted by Crippen LogP contribution is -2.32. The van der Waals surface area contributed by atoms with E-state index >= 15 is 0 Å². The molecule has 2 amide bonds. The molecule has 0 spiro atoms. The summed E-state index contributed by atoms with van der Waals surface area (Å²) in [5.74, 6) is 0.132. The summed E-state index contributed by atoms with van der Waals surface area (Å²) in [6.45, 7) is 0. The molecule has 19 heavy (non-hydrogen) atoms. The molecule has 2 aliphatic carbocycles. The summed E-state index contributed by atoms with van der Waals surface area (Å²) in [7, 11) is 0. The highest BCUT2D eigenvalue weighted by Crippen LogP contribution is 2.53. The van der Waals surface area contributed by atoms with Crippen molar-refractivity contribution in [1.29, 1.82) is 0 Å². The maximum atomic E-state index is 12.5. The van der Waals surface area contributed by atoms with E-state index in [0.717, 1.165) is 6.42 Å². The molecule has 4 heteroatoms. The van der Waals surface area contributed by atoms with E-state index < -0.39 is 0 Å². The first-order valence-electron chi connectivity index (χ1n) is 6.48. The largest absolute Gasteiger partial charge is 0.274 e. The molecule has 1 aromatic rings. The molecule has 4 rings (SSSR count). The SMILES string of the molecule is O=C1[C@@H]2[C@@H](C(=O)N1c1ccc(Cl)cc1)[C@H]1C=C[C@@H]2C1. The van der Waals surface area contributed by atoms with Crippen molar-refractivity contribution >= 4 is 29.1 Å². The lowest BCUT2D eigenvalue weighted by atomic mass is 9.85. The molecule has 1 saturated heterocycles. The molecular formula is C15H12ClNO2. The Kier molecular flexibility index (Phi) is 2.19. The third-order valence-electron chi connectivity index (χ3n) is 4.56. The van der Waals surface area contributed by atoms with Crippen LogP contribution >= 0.6 is 11.6 Å². The van der Waals surface area contributed by atoms with Crippen LogP contribution in [0.25, 0.3) is 0 Å². The monoisotopic (exact) mass is 273 g/mol. The Morgan fingerprint density at radius 1 is 0.947 bits per heavy atom. The maximum Gasteiger partial charge on any atom is 0.238 e. The second kappa shape index (κ2) is 3.70. The third kappa shape index (κ3) is 1.39. The van der Waals surface area contributed by atoms with E-state index in [0.29, 0.717) is 10.7 Å². The molecule has 0 radical (unpaired) electrons. The number of anilines is 1. The standard InChI is InChI=1S/C15H12ClNO2/c16-10-3-5-11(6-4-10)17-14(18)12-8-1-2-9(7-8)13(12)15(17)19/h1-6,8-9,12-13H,7H2/t8-,9+,12-,13-/m0/s1. The fourth-order valence-electron chi connectivity index (χ4n) is 3.75. The number of amides is 2. The fourth-order valence-corrected chi connectivity index (χ4v) is 3.87. The zero-order valence-electron chi connectivity index (χ0n) is 10.1. The summed E-state index contributed by atoms with van der Waals surface area (Å²) in [6.07, 6.45) is 5.16. The summed E-state index contributed by atoms with van der Waals surface area (Å²) in [4.78, 5) is 26.4. The minimum absolute atomic E-state index is 0.0471. The van der Waals surface area contributed by atoms with Gasteiger partial charge >= 0.3 is 0 Å². The second-order valence-corrected chi connectivity index (χ2v) is 5.92. The van der Waals surface area contributed by atoms with Crippen molar-refractivity contribution in [3.63, 3.8) is 0 Å². The molecular weight excluding hydrogens is 262 g/mol. The molecule has 0 N–H and O–H groups in total. The summed E-state index contributed by atoms with van der Waals surface area (Å²) in [6, 6.07) is 6.87. The molecule has 1 aliphatic heterocycles. The minimum atomic E-state index is -0.141. The number of carbonyl (C=O) groups is 2. The zero-order valence-corrected chi connectivity index (χ0v) is 10.9. The van der Waals surface area contributed by atoms with E-state index in [1.54, 1.807) is 24.3 Å². The van der Waals surface area contributed by atoms with Gasteiger partial charge in [-0.2, -0.15) is 0 Å². The zero-order chi connectivity index (χ0) is 13.1. The lowest BCUT2D eigenvalue weighted by molar-refractivity contribution is -0.123. The van der Waals surface area contributed by atoms with Crippen molar-refractivity contribution in [2.45, 2.75) is 6.42 Å². The van der Waals surface area contributed by atoms with Crippen molar-refractivity contribution in [1.82, 2.24) is 0 Å². The number of rotatable bonds is 1. The van der Waals surface area contributed by atoms with Crippen LogP contribution in [0, 0.1) is 23.7 Å². The molecule has 4 atom stereocenters. The van der Waals surface area contributed by atoms with E-state index in [4.69, 9.17) is 11.6 Å². The van der Waals surface area contributed by atoms with Crippen LogP contribution in [-0.2, 0) is 9.59 Å². The van der Waals surface area contributed by atoms with Gasteiger partial charge in [-0.05, 0) is 42.5 Å². The Bertz CT molecular complexity index is 577. The topological polar surface area (TPSA) is 37.4 Å². The van der Waals surface area contributed by atoms with Crippen LogP contribution in [0.3, 0.4) is 0 Å². The lowest BCUT2D eigenvalue weighted by Gasteiger charge is -2.17. The first-order chi connectivity index (χ1) is 9.16. The Morgan fingerprint density at radius 2 is 1.47 bits per heavy atom. The van der Waals surface area contributed by atoms with Gasteiger partial charge < -0.3 is 0 Å². The van der Waals surface area contributed by atoms with Gasteiger partial charge in [0.25, 0.3) is 0 Å². The van der Waals surface area contributed by atoms with Crippen LogP contribution in [0.4, 0.5) is 5.69 Å². The molecule has 96 valence electrons. The van der Waals surface area contributed by atoms with Crippen LogP contribution < -0.4 is 4.90 Å².